The lowest BCUT2D eigenvalue weighted by molar-refractivity contribution is 0.135. The molecule has 0 N–H and O–H groups in total. The number of hydrogen-bond donors (Lipinski definition) is 0. The highest BCUT2D eigenvalue weighted by Crippen LogP contribution is 2.28. The van der Waals surface area contributed by atoms with Gasteiger partial charge in [-0.05, 0) is 49.3 Å². The molecule has 1 aromatic carbocycles. The van der Waals surface area contributed by atoms with Gasteiger partial charge in [-0.1, -0.05) is 22.9 Å². The zero-order valence-electron chi connectivity index (χ0n) is 10.1. The summed E-state index contributed by atoms with van der Waals surface area (Å²) in [5.41, 5.74) is 0.921. The molecule has 0 aliphatic heterocycles. The zero-order valence-corrected chi connectivity index (χ0v) is 11.7. The fourth-order valence-corrected chi connectivity index (χ4v) is 2.63. The molecule has 1 nitrogen and oxygen atoms in total. The lowest BCUT2D eigenvalue weighted by Gasteiger charge is -2.27. The molecular weight excluding hydrogens is 283 g/mol. The van der Waals surface area contributed by atoms with Crippen LogP contribution in [0.15, 0.2) is 18.2 Å². The summed E-state index contributed by atoms with van der Waals surface area (Å²) in [6.45, 7) is 2.28. The second kappa shape index (κ2) is 5.85. The van der Waals surface area contributed by atoms with Crippen molar-refractivity contribution in [2.24, 2.45) is 5.92 Å². The van der Waals surface area contributed by atoms with Crippen LogP contribution in [0.2, 0.25) is 0 Å². The first-order chi connectivity index (χ1) is 8.17. The van der Waals surface area contributed by atoms with Gasteiger partial charge in [0.05, 0.1) is 6.10 Å². The molecular formula is C14H18BrFO. The molecule has 1 fully saturated rings. The normalized spacial score (nSPS) is 24.6. The first-order valence-corrected chi connectivity index (χ1v) is 7.31. The van der Waals surface area contributed by atoms with Gasteiger partial charge in [0, 0.05) is 11.4 Å². The van der Waals surface area contributed by atoms with Crippen molar-refractivity contribution in [1.29, 1.82) is 0 Å². The summed E-state index contributed by atoms with van der Waals surface area (Å²) >= 11 is 3.34. The summed E-state index contributed by atoms with van der Waals surface area (Å²) in [6.07, 6.45) is 4.86. The first kappa shape index (κ1) is 12.9. The smallest absolute Gasteiger partial charge is 0.127 e. The van der Waals surface area contributed by atoms with E-state index in [4.69, 9.17) is 4.74 Å². The molecule has 17 heavy (non-hydrogen) atoms. The maximum Gasteiger partial charge on any atom is 0.127 e. The van der Waals surface area contributed by atoms with Crippen LogP contribution in [0, 0.1) is 11.7 Å². The highest BCUT2D eigenvalue weighted by atomic mass is 79.9. The van der Waals surface area contributed by atoms with Crippen LogP contribution >= 0.6 is 15.9 Å². The molecule has 0 radical (unpaired) electrons. The summed E-state index contributed by atoms with van der Waals surface area (Å²) in [4.78, 5) is 0. The molecule has 1 aliphatic carbocycles. The molecule has 0 aromatic heterocycles. The molecule has 1 aromatic rings. The molecule has 3 heteroatoms. The standard InChI is InChI=1S/C14H18BrFO/c1-10-2-4-13(5-3-10)17-14-7-11(9-15)6-12(16)8-14/h6-8,10,13H,2-5,9H2,1H3. The Kier molecular flexibility index (Phi) is 4.43. The summed E-state index contributed by atoms with van der Waals surface area (Å²) in [5, 5.41) is 0.656. The number of hydrogen-bond acceptors (Lipinski definition) is 1. The molecule has 0 bridgehead atoms. The molecule has 0 unspecified atom stereocenters. The Balaban J connectivity index is 2.00. The zero-order chi connectivity index (χ0) is 12.3. The van der Waals surface area contributed by atoms with E-state index in [-0.39, 0.29) is 11.9 Å². The third-order valence-corrected chi connectivity index (χ3v) is 4.00. The van der Waals surface area contributed by atoms with Crippen LogP contribution in [0.3, 0.4) is 0 Å². The van der Waals surface area contributed by atoms with E-state index in [1.54, 1.807) is 0 Å². The Morgan fingerprint density at radius 1 is 1.24 bits per heavy atom. The van der Waals surface area contributed by atoms with Gasteiger partial charge in [0.1, 0.15) is 11.6 Å². The van der Waals surface area contributed by atoms with Crippen LogP contribution < -0.4 is 4.74 Å². The molecule has 0 saturated heterocycles. The molecule has 2 rings (SSSR count). The van der Waals surface area contributed by atoms with Gasteiger partial charge in [0.15, 0.2) is 0 Å². The summed E-state index contributed by atoms with van der Waals surface area (Å²) in [6, 6.07) is 4.92. The molecule has 1 saturated carbocycles. The third kappa shape index (κ3) is 3.70. The van der Waals surface area contributed by atoms with Crippen LogP contribution in [-0.4, -0.2) is 6.10 Å². The Morgan fingerprint density at radius 3 is 2.59 bits per heavy atom. The quantitative estimate of drug-likeness (QED) is 0.737. The fraction of sp³-hybridized carbons (Fsp3) is 0.571. The van der Waals surface area contributed by atoms with E-state index in [1.165, 1.54) is 25.0 Å². The maximum absolute atomic E-state index is 13.3. The highest BCUT2D eigenvalue weighted by molar-refractivity contribution is 9.08. The average molecular weight is 301 g/mol. The van der Waals surface area contributed by atoms with Crippen molar-refractivity contribution < 1.29 is 9.13 Å². The Labute approximate surface area is 110 Å². The Hall–Kier alpha value is -0.570. The van der Waals surface area contributed by atoms with E-state index in [1.807, 2.05) is 6.07 Å². The SMILES string of the molecule is CC1CCC(Oc2cc(F)cc(CBr)c2)CC1. The second-order valence-electron chi connectivity index (χ2n) is 4.93. The van der Waals surface area contributed by atoms with Gasteiger partial charge >= 0.3 is 0 Å². The number of benzene rings is 1. The van der Waals surface area contributed by atoms with Crippen LogP contribution in [-0.2, 0) is 5.33 Å². The van der Waals surface area contributed by atoms with Crippen molar-refractivity contribution in [1.82, 2.24) is 0 Å². The van der Waals surface area contributed by atoms with E-state index in [0.29, 0.717) is 11.1 Å². The van der Waals surface area contributed by atoms with E-state index >= 15 is 0 Å². The number of rotatable bonds is 3. The summed E-state index contributed by atoms with van der Waals surface area (Å²) in [5.74, 6) is 1.25. The molecule has 0 amide bonds. The molecule has 94 valence electrons. The average Bonchev–Trinajstić information content (AvgIpc) is 2.31. The first-order valence-electron chi connectivity index (χ1n) is 6.19. The van der Waals surface area contributed by atoms with Crippen molar-refractivity contribution >= 4 is 15.9 Å². The summed E-state index contributed by atoms with van der Waals surface area (Å²) < 4.78 is 19.2. The van der Waals surface area contributed by atoms with Gasteiger partial charge in [-0.15, -0.1) is 0 Å². The third-order valence-electron chi connectivity index (χ3n) is 3.35. The van der Waals surface area contributed by atoms with Crippen molar-refractivity contribution in [2.45, 2.75) is 44.0 Å². The summed E-state index contributed by atoms with van der Waals surface area (Å²) in [7, 11) is 0. The van der Waals surface area contributed by atoms with Crippen molar-refractivity contribution in [3.8, 4) is 5.75 Å². The van der Waals surface area contributed by atoms with Crippen LogP contribution in [0.5, 0.6) is 5.75 Å². The van der Waals surface area contributed by atoms with Gasteiger partial charge in [-0.3, -0.25) is 0 Å². The van der Waals surface area contributed by atoms with E-state index < -0.39 is 0 Å². The monoisotopic (exact) mass is 300 g/mol. The molecule has 0 atom stereocenters. The Bertz CT molecular complexity index is 372. The number of halogens is 2. The Morgan fingerprint density at radius 2 is 1.94 bits per heavy atom. The number of ether oxygens (including phenoxy) is 1. The largest absolute Gasteiger partial charge is 0.490 e. The van der Waals surface area contributed by atoms with Crippen molar-refractivity contribution in [3.63, 3.8) is 0 Å². The van der Waals surface area contributed by atoms with E-state index in [0.717, 1.165) is 24.3 Å². The molecule has 1 aliphatic rings. The van der Waals surface area contributed by atoms with Crippen LogP contribution in [0.4, 0.5) is 4.39 Å². The highest BCUT2D eigenvalue weighted by Gasteiger charge is 2.19. The lowest BCUT2D eigenvalue weighted by Crippen LogP contribution is -2.23. The van der Waals surface area contributed by atoms with Crippen LogP contribution in [0.1, 0.15) is 38.2 Å². The molecule has 0 heterocycles. The van der Waals surface area contributed by atoms with E-state index in [9.17, 15) is 4.39 Å². The topological polar surface area (TPSA) is 9.23 Å². The van der Waals surface area contributed by atoms with Gasteiger partial charge in [-0.25, -0.2) is 4.39 Å². The van der Waals surface area contributed by atoms with Gasteiger partial charge in [0.2, 0.25) is 0 Å². The lowest BCUT2D eigenvalue weighted by atomic mass is 9.89. The maximum atomic E-state index is 13.3. The van der Waals surface area contributed by atoms with Gasteiger partial charge < -0.3 is 4.74 Å². The van der Waals surface area contributed by atoms with E-state index in [2.05, 4.69) is 22.9 Å². The van der Waals surface area contributed by atoms with Crippen LogP contribution in [0.25, 0.3) is 0 Å². The minimum atomic E-state index is -0.221. The van der Waals surface area contributed by atoms with Crippen molar-refractivity contribution in [2.75, 3.05) is 0 Å². The molecule has 0 spiro atoms. The number of alkyl halides is 1. The van der Waals surface area contributed by atoms with Gasteiger partial charge in [-0.2, -0.15) is 0 Å². The van der Waals surface area contributed by atoms with Crippen molar-refractivity contribution in [3.05, 3.63) is 29.6 Å². The second-order valence-corrected chi connectivity index (χ2v) is 5.49. The predicted molar refractivity (Wildman–Crippen MR) is 71.1 cm³/mol. The fourth-order valence-electron chi connectivity index (χ4n) is 2.31. The minimum Gasteiger partial charge on any atom is -0.490 e. The predicted octanol–water partition coefficient (Wildman–Crippen LogP) is 4.68. The van der Waals surface area contributed by atoms with Gasteiger partial charge in [0.25, 0.3) is 0 Å². The minimum absolute atomic E-state index is 0.221.